The number of aryl methyl sites for hydroxylation is 1. The average molecular weight is 296 g/mol. The van der Waals surface area contributed by atoms with Crippen molar-refractivity contribution in [3.63, 3.8) is 0 Å². The summed E-state index contributed by atoms with van der Waals surface area (Å²) in [6.45, 7) is 9.87. The highest BCUT2D eigenvalue weighted by atomic mass is 16.6. The molecule has 0 aliphatic carbocycles. The second-order valence-corrected chi connectivity index (χ2v) is 6.32. The van der Waals surface area contributed by atoms with Gasteiger partial charge in [-0.1, -0.05) is 12.1 Å². The molecule has 1 aliphatic rings. The van der Waals surface area contributed by atoms with Gasteiger partial charge in [0.05, 0.1) is 6.54 Å². The number of hydrogen-bond acceptors (Lipinski definition) is 6. The minimum atomic E-state index is -0.469. The Bertz CT molecular complexity index is 481. The van der Waals surface area contributed by atoms with E-state index in [1.807, 2.05) is 27.7 Å². The van der Waals surface area contributed by atoms with E-state index in [2.05, 4.69) is 20.4 Å². The zero-order valence-electron chi connectivity index (χ0n) is 13.2. The first-order chi connectivity index (χ1) is 9.85. The fraction of sp³-hybridized carbons (Fsp3) is 0.786. The molecule has 0 spiro atoms. The highest BCUT2D eigenvalue weighted by Gasteiger charge is 2.26. The lowest BCUT2D eigenvalue weighted by Gasteiger charge is -2.21. The van der Waals surface area contributed by atoms with Crippen LogP contribution in [0, 0.1) is 0 Å². The highest BCUT2D eigenvalue weighted by molar-refractivity contribution is 5.68. The van der Waals surface area contributed by atoms with E-state index >= 15 is 0 Å². The number of aromatic nitrogens is 2. The van der Waals surface area contributed by atoms with Crippen molar-refractivity contribution in [1.82, 2.24) is 20.4 Å². The summed E-state index contributed by atoms with van der Waals surface area (Å²) in [4.78, 5) is 18.2. The van der Waals surface area contributed by atoms with Crippen molar-refractivity contribution in [2.24, 2.45) is 0 Å². The minimum Gasteiger partial charge on any atom is -0.444 e. The van der Waals surface area contributed by atoms with E-state index in [0.717, 1.165) is 25.9 Å². The minimum absolute atomic E-state index is 0.109. The van der Waals surface area contributed by atoms with Crippen molar-refractivity contribution in [2.75, 3.05) is 13.1 Å². The molecule has 7 nitrogen and oxygen atoms in total. The van der Waals surface area contributed by atoms with Gasteiger partial charge in [-0.25, -0.2) is 4.79 Å². The molecule has 1 aliphatic heterocycles. The van der Waals surface area contributed by atoms with Crippen molar-refractivity contribution in [2.45, 2.75) is 58.7 Å². The van der Waals surface area contributed by atoms with Gasteiger partial charge in [0.2, 0.25) is 5.89 Å². The largest absolute Gasteiger partial charge is 0.444 e. The third kappa shape index (κ3) is 5.00. The molecule has 2 heterocycles. The number of alkyl carbamates (subject to hydrolysis) is 1. The number of hydrogen-bond donors (Lipinski definition) is 1. The molecule has 1 atom stereocenters. The first-order valence-electron chi connectivity index (χ1n) is 7.39. The molecule has 21 heavy (non-hydrogen) atoms. The molecule has 0 aromatic carbocycles. The van der Waals surface area contributed by atoms with Gasteiger partial charge in [0.25, 0.3) is 0 Å². The van der Waals surface area contributed by atoms with Crippen molar-refractivity contribution in [3.05, 3.63) is 11.7 Å². The molecule has 118 valence electrons. The summed E-state index contributed by atoms with van der Waals surface area (Å²) in [5, 5.41) is 6.85. The van der Waals surface area contributed by atoms with E-state index in [-0.39, 0.29) is 12.1 Å². The van der Waals surface area contributed by atoms with Crippen LogP contribution in [0.1, 0.15) is 45.8 Å². The zero-order chi connectivity index (χ0) is 15.5. The monoisotopic (exact) mass is 296 g/mol. The number of ether oxygens (including phenoxy) is 1. The van der Waals surface area contributed by atoms with Crippen LogP contribution in [0.2, 0.25) is 0 Å². The Kier molecular flexibility index (Phi) is 4.82. The predicted molar refractivity (Wildman–Crippen MR) is 76.7 cm³/mol. The SMILES string of the molecule is CCc1nc(CN2CC[C@H](NC(=O)OC(C)(C)C)C2)no1. The molecule has 1 saturated heterocycles. The van der Waals surface area contributed by atoms with Gasteiger partial charge < -0.3 is 14.6 Å². The summed E-state index contributed by atoms with van der Waals surface area (Å²) in [7, 11) is 0. The lowest BCUT2D eigenvalue weighted by Crippen LogP contribution is -2.40. The number of carbonyl (C=O) groups excluding carboxylic acids is 1. The van der Waals surface area contributed by atoms with Crippen molar-refractivity contribution in [3.8, 4) is 0 Å². The van der Waals surface area contributed by atoms with Crippen LogP contribution >= 0.6 is 0 Å². The van der Waals surface area contributed by atoms with Gasteiger partial charge in [0, 0.05) is 25.6 Å². The van der Waals surface area contributed by atoms with Crippen LogP contribution in [0.4, 0.5) is 4.79 Å². The molecular formula is C14H24N4O3. The van der Waals surface area contributed by atoms with Crippen molar-refractivity contribution < 1.29 is 14.1 Å². The van der Waals surface area contributed by atoms with Crippen LogP contribution in [-0.4, -0.2) is 45.9 Å². The van der Waals surface area contributed by atoms with Crippen LogP contribution in [0.5, 0.6) is 0 Å². The summed E-state index contributed by atoms with van der Waals surface area (Å²) in [5.41, 5.74) is -0.469. The van der Waals surface area contributed by atoms with Gasteiger partial charge in [-0.15, -0.1) is 0 Å². The molecule has 0 unspecified atom stereocenters. The summed E-state index contributed by atoms with van der Waals surface area (Å²) in [6, 6.07) is 0.109. The third-order valence-electron chi connectivity index (χ3n) is 3.17. The molecule has 7 heteroatoms. The predicted octanol–water partition coefficient (Wildman–Crippen LogP) is 1.73. The first-order valence-corrected chi connectivity index (χ1v) is 7.39. The van der Waals surface area contributed by atoms with Gasteiger partial charge in [-0.05, 0) is 27.2 Å². The van der Waals surface area contributed by atoms with Gasteiger partial charge in [-0.2, -0.15) is 4.98 Å². The topological polar surface area (TPSA) is 80.5 Å². The van der Waals surface area contributed by atoms with E-state index in [4.69, 9.17) is 9.26 Å². The average Bonchev–Trinajstić information content (AvgIpc) is 2.97. The fourth-order valence-electron chi connectivity index (χ4n) is 2.27. The maximum Gasteiger partial charge on any atom is 0.407 e. The van der Waals surface area contributed by atoms with Crippen LogP contribution < -0.4 is 5.32 Å². The molecule has 0 saturated carbocycles. The molecule has 2 rings (SSSR count). The fourth-order valence-corrected chi connectivity index (χ4v) is 2.27. The van der Waals surface area contributed by atoms with Crippen molar-refractivity contribution >= 4 is 6.09 Å². The van der Waals surface area contributed by atoms with Gasteiger partial charge in [-0.3, -0.25) is 4.90 Å². The third-order valence-corrected chi connectivity index (χ3v) is 3.17. The first kappa shape index (κ1) is 15.8. The van der Waals surface area contributed by atoms with Crippen LogP contribution in [0.25, 0.3) is 0 Å². The van der Waals surface area contributed by atoms with E-state index < -0.39 is 5.60 Å². The Hall–Kier alpha value is -1.63. The summed E-state index contributed by atoms with van der Waals surface area (Å²) >= 11 is 0. The van der Waals surface area contributed by atoms with Gasteiger partial charge in [0.1, 0.15) is 5.60 Å². The van der Waals surface area contributed by atoms with Crippen molar-refractivity contribution in [1.29, 1.82) is 0 Å². The van der Waals surface area contributed by atoms with Gasteiger partial charge >= 0.3 is 6.09 Å². The standard InChI is InChI=1S/C14H24N4O3/c1-5-12-16-11(17-21-12)9-18-7-6-10(8-18)15-13(19)20-14(2,3)4/h10H,5-9H2,1-4H3,(H,15,19)/t10-/m0/s1. The maximum atomic E-state index is 11.7. The molecule has 1 aromatic heterocycles. The Morgan fingerprint density at radius 3 is 2.90 bits per heavy atom. The van der Waals surface area contributed by atoms with Gasteiger partial charge in [0.15, 0.2) is 5.82 Å². The number of carbonyl (C=O) groups is 1. The van der Waals surface area contributed by atoms with Crippen LogP contribution in [-0.2, 0) is 17.7 Å². The van der Waals surface area contributed by atoms with Crippen LogP contribution in [0.3, 0.4) is 0 Å². The second-order valence-electron chi connectivity index (χ2n) is 6.32. The molecule has 0 bridgehead atoms. The number of nitrogens with one attached hydrogen (secondary N) is 1. The Morgan fingerprint density at radius 2 is 2.29 bits per heavy atom. The van der Waals surface area contributed by atoms with E-state index in [1.54, 1.807) is 0 Å². The lowest BCUT2D eigenvalue weighted by atomic mass is 10.2. The Labute approximate surface area is 125 Å². The summed E-state index contributed by atoms with van der Waals surface area (Å²) in [5.74, 6) is 1.36. The second kappa shape index (κ2) is 6.43. The highest BCUT2D eigenvalue weighted by Crippen LogP contribution is 2.13. The molecule has 1 N–H and O–H groups in total. The number of nitrogens with zero attached hydrogens (tertiary/aromatic N) is 3. The number of likely N-dealkylation sites (tertiary alicyclic amines) is 1. The smallest absolute Gasteiger partial charge is 0.407 e. The lowest BCUT2D eigenvalue weighted by molar-refractivity contribution is 0.0505. The quantitative estimate of drug-likeness (QED) is 0.911. The van der Waals surface area contributed by atoms with E-state index in [9.17, 15) is 4.79 Å². The summed E-state index contributed by atoms with van der Waals surface area (Å²) < 4.78 is 10.4. The molecule has 1 aromatic rings. The van der Waals surface area contributed by atoms with Crippen LogP contribution in [0.15, 0.2) is 4.52 Å². The molecular weight excluding hydrogens is 272 g/mol. The number of rotatable bonds is 4. The Balaban J connectivity index is 1.77. The van der Waals surface area contributed by atoms with E-state index in [0.29, 0.717) is 18.3 Å². The van der Waals surface area contributed by atoms with E-state index in [1.165, 1.54) is 0 Å². The molecule has 1 amide bonds. The molecule has 0 radical (unpaired) electrons. The number of amides is 1. The maximum absolute atomic E-state index is 11.7. The Morgan fingerprint density at radius 1 is 1.52 bits per heavy atom. The molecule has 1 fully saturated rings. The summed E-state index contributed by atoms with van der Waals surface area (Å²) in [6.07, 6.45) is 1.29. The zero-order valence-corrected chi connectivity index (χ0v) is 13.2. The normalized spacial score (nSPS) is 19.7.